The Bertz CT molecular complexity index is 504. The van der Waals surface area contributed by atoms with E-state index in [9.17, 15) is 9.18 Å². The molecule has 0 aromatic heterocycles. The van der Waals surface area contributed by atoms with Crippen LogP contribution in [0.25, 0.3) is 0 Å². The van der Waals surface area contributed by atoms with Crippen molar-refractivity contribution in [1.82, 2.24) is 10.6 Å². The van der Waals surface area contributed by atoms with Crippen LogP contribution < -0.4 is 10.6 Å². The third-order valence-electron chi connectivity index (χ3n) is 5.06. The summed E-state index contributed by atoms with van der Waals surface area (Å²) < 4.78 is 13.1. The van der Waals surface area contributed by atoms with Crippen LogP contribution in [0.5, 0.6) is 0 Å². The topological polar surface area (TPSA) is 41.1 Å². The smallest absolute Gasteiger partial charge is 0.233 e. The minimum Gasteiger partial charge on any atom is -0.354 e. The van der Waals surface area contributed by atoms with E-state index in [2.05, 4.69) is 10.6 Å². The Morgan fingerprint density at radius 3 is 2.50 bits per heavy atom. The van der Waals surface area contributed by atoms with Gasteiger partial charge < -0.3 is 10.6 Å². The summed E-state index contributed by atoms with van der Waals surface area (Å²) in [6, 6.07) is 6.79. The predicted octanol–water partition coefficient (Wildman–Crippen LogP) is 2.75. The lowest BCUT2D eigenvalue weighted by Crippen LogP contribution is -2.42. The van der Waals surface area contributed by atoms with Crippen LogP contribution in [0.15, 0.2) is 24.3 Å². The molecule has 1 aromatic carbocycles. The number of carbonyl (C=O) groups excluding carboxylic acids is 1. The van der Waals surface area contributed by atoms with Crippen molar-refractivity contribution in [2.75, 3.05) is 19.6 Å². The molecule has 4 heteroatoms. The molecule has 0 bridgehead atoms. The summed E-state index contributed by atoms with van der Waals surface area (Å²) in [7, 11) is 0. The van der Waals surface area contributed by atoms with Crippen LogP contribution in [0.4, 0.5) is 4.39 Å². The normalized spacial score (nSPS) is 20.0. The lowest BCUT2D eigenvalue weighted by atomic mass is 9.79. The predicted molar refractivity (Wildman–Crippen MR) is 85.1 cm³/mol. The zero-order chi connectivity index (χ0) is 15.4. The molecule has 2 saturated carbocycles. The largest absolute Gasteiger partial charge is 0.354 e. The first-order valence-corrected chi connectivity index (χ1v) is 8.41. The second kappa shape index (κ2) is 6.78. The van der Waals surface area contributed by atoms with Gasteiger partial charge >= 0.3 is 0 Å². The molecule has 2 fully saturated rings. The summed E-state index contributed by atoms with van der Waals surface area (Å²) in [4.78, 5) is 12.0. The Morgan fingerprint density at radius 2 is 1.86 bits per heavy atom. The van der Waals surface area contributed by atoms with Crippen molar-refractivity contribution < 1.29 is 9.18 Å². The lowest BCUT2D eigenvalue weighted by Gasteiger charge is -2.30. The summed E-state index contributed by atoms with van der Waals surface area (Å²) >= 11 is 0. The average Bonchev–Trinajstić information content (AvgIpc) is 3.22. The van der Waals surface area contributed by atoms with Crippen LogP contribution in [-0.2, 0) is 10.2 Å². The fraction of sp³-hybridized carbons (Fsp3) is 0.611. The molecule has 0 saturated heterocycles. The standard InChI is InChI=1S/C18H25FN2O/c19-16-7-5-15(6-8-16)18(9-1-2-10-18)13-21-17(22)12-20-11-14-3-4-14/h5-8,14,20H,1-4,9-13H2,(H,21,22). The van der Waals surface area contributed by atoms with Crippen molar-refractivity contribution in [1.29, 1.82) is 0 Å². The van der Waals surface area contributed by atoms with Gasteiger partial charge in [-0.2, -0.15) is 0 Å². The summed E-state index contributed by atoms with van der Waals surface area (Å²) in [6.07, 6.45) is 7.06. The molecule has 0 radical (unpaired) electrons. The van der Waals surface area contributed by atoms with Gasteiger partial charge in [0.05, 0.1) is 6.54 Å². The highest BCUT2D eigenvalue weighted by Crippen LogP contribution is 2.40. The molecule has 2 aliphatic carbocycles. The number of hydrogen-bond donors (Lipinski definition) is 2. The van der Waals surface area contributed by atoms with E-state index in [1.165, 1.54) is 37.8 Å². The minimum atomic E-state index is -0.204. The molecule has 120 valence electrons. The third-order valence-corrected chi connectivity index (χ3v) is 5.06. The molecule has 3 nitrogen and oxygen atoms in total. The molecular weight excluding hydrogens is 279 g/mol. The van der Waals surface area contributed by atoms with Gasteiger partial charge in [0, 0.05) is 12.0 Å². The third kappa shape index (κ3) is 3.86. The molecule has 3 rings (SSSR count). The molecule has 0 aliphatic heterocycles. The first kappa shape index (κ1) is 15.5. The SMILES string of the molecule is O=C(CNCC1CC1)NCC1(c2ccc(F)cc2)CCCC1. The van der Waals surface area contributed by atoms with Crippen molar-refractivity contribution >= 4 is 5.91 Å². The molecule has 0 unspecified atom stereocenters. The van der Waals surface area contributed by atoms with Crippen LogP contribution in [0.2, 0.25) is 0 Å². The van der Waals surface area contributed by atoms with E-state index in [0.29, 0.717) is 13.1 Å². The van der Waals surface area contributed by atoms with Crippen LogP contribution in [-0.4, -0.2) is 25.5 Å². The van der Waals surface area contributed by atoms with E-state index in [-0.39, 0.29) is 17.1 Å². The number of amides is 1. The van der Waals surface area contributed by atoms with Crippen molar-refractivity contribution in [2.45, 2.75) is 43.9 Å². The van der Waals surface area contributed by atoms with E-state index in [1.54, 1.807) is 0 Å². The minimum absolute atomic E-state index is 0.0140. The van der Waals surface area contributed by atoms with E-state index in [1.807, 2.05) is 12.1 Å². The van der Waals surface area contributed by atoms with Gasteiger partial charge in [-0.25, -0.2) is 4.39 Å². The summed E-state index contributed by atoms with van der Waals surface area (Å²) in [5, 5.41) is 6.30. The quantitative estimate of drug-likeness (QED) is 0.813. The molecule has 0 spiro atoms. The maximum Gasteiger partial charge on any atom is 0.233 e. The molecule has 0 atom stereocenters. The van der Waals surface area contributed by atoms with Crippen LogP contribution >= 0.6 is 0 Å². The number of hydrogen-bond acceptors (Lipinski definition) is 2. The van der Waals surface area contributed by atoms with Gasteiger partial charge in [0.15, 0.2) is 0 Å². The van der Waals surface area contributed by atoms with Gasteiger partial charge in [0.1, 0.15) is 5.82 Å². The monoisotopic (exact) mass is 304 g/mol. The summed E-state index contributed by atoms with van der Waals surface area (Å²) in [6.45, 7) is 2.01. The second-order valence-corrected chi connectivity index (χ2v) is 6.85. The highest BCUT2D eigenvalue weighted by atomic mass is 19.1. The van der Waals surface area contributed by atoms with E-state index >= 15 is 0 Å². The van der Waals surface area contributed by atoms with Crippen LogP contribution in [0.1, 0.15) is 44.1 Å². The molecule has 1 amide bonds. The van der Waals surface area contributed by atoms with E-state index in [0.717, 1.165) is 30.9 Å². The number of benzene rings is 1. The fourth-order valence-electron chi connectivity index (χ4n) is 3.46. The Kier molecular flexibility index (Phi) is 4.77. The van der Waals surface area contributed by atoms with E-state index in [4.69, 9.17) is 0 Å². The molecular formula is C18H25FN2O. The highest BCUT2D eigenvalue weighted by Gasteiger charge is 2.35. The van der Waals surface area contributed by atoms with Gasteiger partial charge in [-0.15, -0.1) is 0 Å². The van der Waals surface area contributed by atoms with Gasteiger partial charge in [-0.05, 0) is 55.8 Å². The number of nitrogens with one attached hydrogen (secondary N) is 2. The zero-order valence-electron chi connectivity index (χ0n) is 13.0. The Labute approximate surface area is 131 Å². The molecule has 2 N–H and O–H groups in total. The Balaban J connectivity index is 1.54. The number of carbonyl (C=O) groups is 1. The van der Waals surface area contributed by atoms with Gasteiger partial charge in [-0.3, -0.25) is 4.79 Å². The highest BCUT2D eigenvalue weighted by molar-refractivity contribution is 5.78. The second-order valence-electron chi connectivity index (χ2n) is 6.85. The molecule has 1 aromatic rings. The van der Waals surface area contributed by atoms with Gasteiger partial charge in [-0.1, -0.05) is 25.0 Å². The lowest BCUT2D eigenvalue weighted by molar-refractivity contribution is -0.120. The Morgan fingerprint density at radius 1 is 1.18 bits per heavy atom. The van der Waals surface area contributed by atoms with Crippen molar-refractivity contribution in [2.24, 2.45) is 5.92 Å². The van der Waals surface area contributed by atoms with Crippen LogP contribution in [0.3, 0.4) is 0 Å². The first-order chi connectivity index (χ1) is 10.7. The van der Waals surface area contributed by atoms with Crippen molar-refractivity contribution in [3.63, 3.8) is 0 Å². The summed E-state index contributed by atoms with van der Waals surface area (Å²) in [5.41, 5.74) is 1.14. The first-order valence-electron chi connectivity index (χ1n) is 8.41. The average molecular weight is 304 g/mol. The van der Waals surface area contributed by atoms with Crippen molar-refractivity contribution in [3.05, 3.63) is 35.6 Å². The molecule has 22 heavy (non-hydrogen) atoms. The van der Waals surface area contributed by atoms with Crippen molar-refractivity contribution in [3.8, 4) is 0 Å². The Hall–Kier alpha value is -1.42. The zero-order valence-corrected chi connectivity index (χ0v) is 13.0. The fourth-order valence-corrected chi connectivity index (χ4v) is 3.46. The maximum absolute atomic E-state index is 13.1. The maximum atomic E-state index is 13.1. The number of rotatable bonds is 7. The molecule has 2 aliphatic rings. The van der Waals surface area contributed by atoms with Gasteiger partial charge in [0.25, 0.3) is 0 Å². The van der Waals surface area contributed by atoms with E-state index < -0.39 is 0 Å². The number of halogens is 1. The van der Waals surface area contributed by atoms with Gasteiger partial charge in [0.2, 0.25) is 5.91 Å². The molecule has 0 heterocycles. The van der Waals surface area contributed by atoms with Crippen LogP contribution in [0, 0.1) is 11.7 Å². The summed E-state index contributed by atoms with van der Waals surface area (Å²) in [5.74, 6) is 0.646.